The van der Waals surface area contributed by atoms with Gasteiger partial charge in [0.05, 0.1) is 11.6 Å². The number of anilines is 1. The predicted molar refractivity (Wildman–Crippen MR) is 102 cm³/mol. The molecule has 0 radical (unpaired) electrons. The van der Waals surface area contributed by atoms with Gasteiger partial charge in [0.25, 0.3) is 0 Å². The Labute approximate surface area is 156 Å². The summed E-state index contributed by atoms with van der Waals surface area (Å²) in [4.78, 5) is 12.1. The van der Waals surface area contributed by atoms with E-state index in [0.29, 0.717) is 16.5 Å². The Balaban J connectivity index is 2.20. The standard InChI is InChI=1S/C17H14Br2ClNO2/c1-10-3-5-13(20)9-15(10)21-16(22)6-4-11-7-12(18)8-14(19)17(11)23-2/h3-9H,1-2H3,(H,21,22)/b6-4+. The highest BCUT2D eigenvalue weighted by atomic mass is 79.9. The molecule has 0 saturated heterocycles. The van der Waals surface area contributed by atoms with Gasteiger partial charge >= 0.3 is 0 Å². The maximum absolute atomic E-state index is 12.1. The highest BCUT2D eigenvalue weighted by Crippen LogP contribution is 2.33. The fourth-order valence-corrected chi connectivity index (χ4v) is 3.58. The van der Waals surface area contributed by atoms with Crippen molar-refractivity contribution in [2.24, 2.45) is 0 Å². The Hall–Kier alpha value is -1.30. The first-order chi connectivity index (χ1) is 10.9. The number of rotatable bonds is 4. The molecule has 0 fully saturated rings. The molecule has 0 aromatic heterocycles. The first kappa shape index (κ1) is 18.0. The second-order valence-corrected chi connectivity index (χ2v) is 7.00. The Morgan fingerprint density at radius 3 is 2.70 bits per heavy atom. The molecule has 1 N–H and O–H groups in total. The minimum atomic E-state index is -0.242. The number of hydrogen-bond donors (Lipinski definition) is 1. The van der Waals surface area contributed by atoms with Crippen molar-refractivity contribution >= 4 is 61.1 Å². The zero-order valence-electron chi connectivity index (χ0n) is 12.5. The molecule has 0 spiro atoms. The van der Waals surface area contributed by atoms with Crippen molar-refractivity contribution < 1.29 is 9.53 Å². The van der Waals surface area contributed by atoms with Crippen LogP contribution in [-0.4, -0.2) is 13.0 Å². The van der Waals surface area contributed by atoms with Gasteiger partial charge in [-0.05, 0) is 58.8 Å². The number of amides is 1. The largest absolute Gasteiger partial charge is 0.495 e. The van der Waals surface area contributed by atoms with Gasteiger partial charge in [-0.3, -0.25) is 4.79 Å². The number of halogens is 3. The van der Waals surface area contributed by atoms with E-state index in [1.54, 1.807) is 25.3 Å². The van der Waals surface area contributed by atoms with E-state index >= 15 is 0 Å². The Kier molecular flexibility index (Phi) is 6.27. The molecule has 0 atom stereocenters. The van der Waals surface area contributed by atoms with Crippen LogP contribution in [0, 0.1) is 6.92 Å². The van der Waals surface area contributed by atoms with Crippen molar-refractivity contribution in [3.63, 3.8) is 0 Å². The SMILES string of the molecule is COc1c(Br)cc(Br)cc1/C=C/C(=O)Nc1cc(Cl)ccc1C. The third-order valence-electron chi connectivity index (χ3n) is 3.11. The van der Waals surface area contributed by atoms with E-state index in [-0.39, 0.29) is 5.91 Å². The molecule has 0 aliphatic carbocycles. The topological polar surface area (TPSA) is 38.3 Å². The van der Waals surface area contributed by atoms with Crippen molar-refractivity contribution in [2.45, 2.75) is 6.92 Å². The number of carbonyl (C=O) groups is 1. The summed E-state index contributed by atoms with van der Waals surface area (Å²) < 4.78 is 7.04. The zero-order valence-corrected chi connectivity index (χ0v) is 16.4. The van der Waals surface area contributed by atoms with E-state index in [9.17, 15) is 4.79 Å². The molecule has 6 heteroatoms. The normalized spacial score (nSPS) is 10.8. The summed E-state index contributed by atoms with van der Waals surface area (Å²) in [7, 11) is 1.58. The summed E-state index contributed by atoms with van der Waals surface area (Å²) in [6, 6.07) is 9.12. The molecular weight excluding hydrogens is 445 g/mol. The number of methoxy groups -OCH3 is 1. The van der Waals surface area contributed by atoms with Gasteiger partial charge in [0.15, 0.2) is 0 Å². The average molecular weight is 460 g/mol. The van der Waals surface area contributed by atoms with E-state index in [0.717, 1.165) is 20.1 Å². The highest BCUT2D eigenvalue weighted by Gasteiger charge is 2.08. The first-order valence-electron chi connectivity index (χ1n) is 6.69. The molecule has 0 saturated carbocycles. The number of ether oxygens (including phenoxy) is 1. The maximum Gasteiger partial charge on any atom is 0.248 e. The van der Waals surface area contributed by atoms with E-state index in [1.807, 2.05) is 25.1 Å². The fourth-order valence-electron chi connectivity index (χ4n) is 1.99. The number of hydrogen-bond acceptors (Lipinski definition) is 2. The Bertz CT molecular complexity index is 775. The van der Waals surface area contributed by atoms with E-state index in [1.165, 1.54) is 6.08 Å². The lowest BCUT2D eigenvalue weighted by atomic mass is 10.1. The lowest BCUT2D eigenvalue weighted by Crippen LogP contribution is -2.08. The van der Waals surface area contributed by atoms with Crippen molar-refractivity contribution in [2.75, 3.05) is 12.4 Å². The highest BCUT2D eigenvalue weighted by molar-refractivity contribution is 9.11. The van der Waals surface area contributed by atoms with Gasteiger partial charge in [-0.25, -0.2) is 0 Å². The molecule has 2 aromatic rings. The molecule has 0 unspecified atom stereocenters. The Morgan fingerprint density at radius 1 is 1.26 bits per heavy atom. The molecule has 0 bridgehead atoms. The second kappa shape index (κ2) is 7.99. The summed E-state index contributed by atoms with van der Waals surface area (Å²) >= 11 is 12.8. The van der Waals surface area contributed by atoms with E-state index in [2.05, 4.69) is 37.2 Å². The summed E-state index contributed by atoms with van der Waals surface area (Å²) in [6.45, 7) is 1.91. The van der Waals surface area contributed by atoms with Crippen LogP contribution >= 0.6 is 43.5 Å². The second-order valence-electron chi connectivity index (χ2n) is 4.79. The van der Waals surface area contributed by atoms with Crippen molar-refractivity contribution in [3.8, 4) is 5.75 Å². The molecule has 2 aromatic carbocycles. The third kappa shape index (κ3) is 4.83. The van der Waals surface area contributed by atoms with Gasteiger partial charge in [-0.15, -0.1) is 0 Å². The van der Waals surface area contributed by atoms with Crippen LogP contribution < -0.4 is 10.1 Å². The molecule has 120 valence electrons. The molecule has 1 amide bonds. The molecular formula is C17H14Br2ClNO2. The average Bonchev–Trinajstić information content (AvgIpc) is 2.48. The van der Waals surface area contributed by atoms with Gasteiger partial charge in [0.1, 0.15) is 5.75 Å². The maximum atomic E-state index is 12.1. The third-order valence-corrected chi connectivity index (χ3v) is 4.39. The fraction of sp³-hybridized carbons (Fsp3) is 0.118. The predicted octanol–water partition coefficient (Wildman–Crippen LogP) is 5.83. The number of aryl methyl sites for hydroxylation is 1. The summed E-state index contributed by atoms with van der Waals surface area (Å²) in [5, 5.41) is 3.39. The van der Waals surface area contributed by atoms with Crippen LogP contribution in [0.2, 0.25) is 5.02 Å². The van der Waals surface area contributed by atoms with Crippen LogP contribution in [0.3, 0.4) is 0 Å². The van der Waals surface area contributed by atoms with Gasteiger partial charge in [-0.2, -0.15) is 0 Å². The van der Waals surface area contributed by atoms with Crippen LogP contribution in [0.15, 0.2) is 45.4 Å². The number of benzene rings is 2. The first-order valence-corrected chi connectivity index (χ1v) is 8.65. The zero-order chi connectivity index (χ0) is 17.0. The smallest absolute Gasteiger partial charge is 0.248 e. The lowest BCUT2D eigenvalue weighted by Gasteiger charge is -2.09. The van der Waals surface area contributed by atoms with Gasteiger partial charge in [-0.1, -0.05) is 33.6 Å². The summed E-state index contributed by atoms with van der Waals surface area (Å²) in [6.07, 6.45) is 3.15. The molecule has 0 aliphatic rings. The van der Waals surface area contributed by atoms with Crippen molar-refractivity contribution in [3.05, 3.63) is 61.5 Å². The molecule has 2 rings (SSSR count). The number of carbonyl (C=O) groups excluding carboxylic acids is 1. The van der Waals surface area contributed by atoms with Gasteiger partial charge in [0.2, 0.25) is 5.91 Å². The minimum absolute atomic E-state index is 0.242. The summed E-state index contributed by atoms with van der Waals surface area (Å²) in [5.74, 6) is 0.421. The van der Waals surface area contributed by atoms with E-state index in [4.69, 9.17) is 16.3 Å². The quantitative estimate of drug-likeness (QED) is 0.584. The summed E-state index contributed by atoms with van der Waals surface area (Å²) in [5.41, 5.74) is 2.42. The van der Waals surface area contributed by atoms with Crippen LogP contribution in [0.1, 0.15) is 11.1 Å². The molecule has 23 heavy (non-hydrogen) atoms. The van der Waals surface area contributed by atoms with Crippen molar-refractivity contribution in [1.82, 2.24) is 0 Å². The van der Waals surface area contributed by atoms with Crippen LogP contribution in [-0.2, 0) is 4.79 Å². The van der Waals surface area contributed by atoms with Crippen LogP contribution in [0.5, 0.6) is 5.75 Å². The number of nitrogens with one attached hydrogen (secondary N) is 1. The molecule has 0 heterocycles. The monoisotopic (exact) mass is 457 g/mol. The lowest BCUT2D eigenvalue weighted by molar-refractivity contribution is -0.111. The molecule has 0 aliphatic heterocycles. The van der Waals surface area contributed by atoms with Crippen molar-refractivity contribution in [1.29, 1.82) is 0 Å². The van der Waals surface area contributed by atoms with Gasteiger partial charge < -0.3 is 10.1 Å². The Morgan fingerprint density at radius 2 is 2.00 bits per heavy atom. The van der Waals surface area contributed by atoms with E-state index < -0.39 is 0 Å². The van der Waals surface area contributed by atoms with Crippen LogP contribution in [0.4, 0.5) is 5.69 Å². The molecule has 3 nitrogen and oxygen atoms in total. The van der Waals surface area contributed by atoms with Gasteiger partial charge in [0, 0.05) is 26.8 Å². The van der Waals surface area contributed by atoms with Crippen LogP contribution in [0.25, 0.3) is 6.08 Å². The minimum Gasteiger partial charge on any atom is -0.495 e.